The van der Waals surface area contributed by atoms with Gasteiger partial charge < -0.3 is 15.3 Å². The molecule has 1 aromatic heterocycles. The predicted molar refractivity (Wildman–Crippen MR) is 93.0 cm³/mol. The minimum absolute atomic E-state index is 0.147. The Morgan fingerprint density at radius 2 is 1.91 bits per heavy atom. The zero-order chi connectivity index (χ0) is 16.2. The van der Waals surface area contributed by atoms with E-state index in [0.29, 0.717) is 6.04 Å². The summed E-state index contributed by atoms with van der Waals surface area (Å²) in [7, 11) is 0. The molecule has 6 nitrogen and oxygen atoms in total. The van der Waals surface area contributed by atoms with Gasteiger partial charge in [0.1, 0.15) is 5.82 Å². The molecule has 2 atom stereocenters. The van der Waals surface area contributed by atoms with Crippen LogP contribution < -0.4 is 10.2 Å². The van der Waals surface area contributed by atoms with Crippen molar-refractivity contribution >= 4 is 11.8 Å². The van der Waals surface area contributed by atoms with Gasteiger partial charge in [-0.25, -0.2) is 4.98 Å². The topological polar surface area (TPSA) is 64.5 Å². The summed E-state index contributed by atoms with van der Waals surface area (Å²) in [5.41, 5.74) is 0.996. The van der Waals surface area contributed by atoms with Gasteiger partial charge in [-0.2, -0.15) is 4.98 Å². The monoisotopic (exact) mass is 319 g/mol. The second-order valence-corrected chi connectivity index (χ2v) is 6.67. The van der Waals surface area contributed by atoms with Gasteiger partial charge in [-0.15, -0.1) is 0 Å². The summed E-state index contributed by atoms with van der Waals surface area (Å²) < 4.78 is 0. The normalized spacial score (nSPS) is 26.3. The molecular formula is C17H29N5O. The van der Waals surface area contributed by atoms with E-state index in [1.165, 1.54) is 12.8 Å². The van der Waals surface area contributed by atoms with Crippen molar-refractivity contribution in [1.82, 2.24) is 14.9 Å². The van der Waals surface area contributed by atoms with Gasteiger partial charge in [0.15, 0.2) is 0 Å². The number of nitrogens with one attached hydrogen (secondary N) is 1. The lowest BCUT2D eigenvalue weighted by Gasteiger charge is -2.42. The summed E-state index contributed by atoms with van der Waals surface area (Å²) in [6.45, 7) is 8.77. The molecule has 1 aliphatic heterocycles. The maximum absolute atomic E-state index is 10.2. The molecule has 6 heteroatoms. The average Bonchev–Trinajstić information content (AvgIpc) is 2.55. The molecule has 0 radical (unpaired) electrons. The molecule has 128 valence electrons. The predicted octanol–water partition coefficient (Wildman–Crippen LogP) is 1.64. The highest BCUT2D eigenvalue weighted by Crippen LogP contribution is 2.25. The minimum atomic E-state index is -0.147. The Kier molecular flexibility index (Phi) is 5.33. The van der Waals surface area contributed by atoms with Crippen LogP contribution >= 0.6 is 0 Å². The number of aryl methyl sites for hydroxylation is 1. The van der Waals surface area contributed by atoms with Crippen molar-refractivity contribution in [3.63, 3.8) is 0 Å². The molecule has 0 bridgehead atoms. The number of hydrogen-bond acceptors (Lipinski definition) is 6. The Morgan fingerprint density at radius 3 is 2.61 bits per heavy atom. The fraction of sp³-hybridized carbons (Fsp3) is 0.765. The van der Waals surface area contributed by atoms with Gasteiger partial charge in [-0.1, -0.05) is 12.8 Å². The summed E-state index contributed by atoms with van der Waals surface area (Å²) in [5, 5.41) is 13.5. The second kappa shape index (κ2) is 7.45. The van der Waals surface area contributed by atoms with Crippen LogP contribution in [0.2, 0.25) is 0 Å². The van der Waals surface area contributed by atoms with E-state index < -0.39 is 0 Å². The standard InChI is InChI=1S/C17H29N5O/c1-3-18-16-12-13(2)19-17(20-16)22-10-8-21(9-11-22)14-6-4-5-7-15(14)23/h12,14-15,23H,3-11H2,1-2H3,(H,18,19,20). The van der Waals surface area contributed by atoms with Crippen molar-refractivity contribution in [2.45, 2.75) is 51.7 Å². The highest BCUT2D eigenvalue weighted by Gasteiger charge is 2.31. The molecule has 0 aromatic carbocycles. The number of nitrogens with zero attached hydrogens (tertiary/aromatic N) is 4. The number of aromatic nitrogens is 2. The number of anilines is 2. The van der Waals surface area contributed by atoms with Crippen LogP contribution in [0.25, 0.3) is 0 Å². The molecule has 1 aromatic rings. The van der Waals surface area contributed by atoms with Crippen LogP contribution in [0.5, 0.6) is 0 Å². The third-order valence-electron chi connectivity index (χ3n) is 4.96. The summed E-state index contributed by atoms with van der Waals surface area (Å²) in [6, 6.07) is 2.34. The van der Waals surface area contributed by atoms with Crippen LogP contribution in [0.4, 0.5) is 11.8 Å². The molecule has 2 fully saturated rings. The molecular weight excluding hydrogens is 290 g/mol. The maximum atomic E-state index is 10.2. The number of aliphatic hydroxyl groups is 1. The van der Waals surface area contributed by atoms with Crippen molar-refractivity contribution in [1.29, 1.82) is 0 Å². The van der Waals surface area contributed by atoms with Gasteiger partial charge >= 0.3 is 0 Å². The lowest BCUT2D eigenvalue weighted by atomic mass is 9.91. The van der Waals surface area contributed by atoms with Crippen molar-refractivity contribution in [2.24, 2.45) is 0 Å². The SMILES string of the molecule is CCNc1cc(C)nc(N2CCN(C3CCCCC3O)CC2)n1. The van der Waals surface area contributed by atoms with E-state index in [1.54, 1.807) is 0 Å². The minimum Gasteiger partial charge on any atom is -0.391 e. The van der Waals surface area contributed by atoms with E-state index in [9.17, 15) is 5.11 Å². The van der Waals surface area contributed by atoms with Crippen molar-refractivity contribution in [2.75, 3.05) is 42.9 Å². The van der Waals surface area contributed by atoms with E-state index in [4.69, 9.17) is 0 Å². The van der Waals surface area contributed by atoms with E-state index >= 15 is 0 Å². The summed E-state index contributed by atoms with van der Waals surface area (Å²) >= 11 is 0. The Hall–Kier alpha value is -1.40. The molecule has 23 heavy (non-hydrogen) atoms. The van der Waals surface area contributed by atoms with Crippen molar-refractivity contribution in [3.05, 3.63) is 11.8 Å². The van der Waals surface area contributed by atoms with Gasteiger partial charge in [0.05, 0.1) is 6.10 Å². The van der Waals surface area contributed by atoms with E-state index in [1.807, 2.05) is 13.0 Å². The van der Waals surface area contributed by atoms with Gasteiger partial charge in [0, 0.05) is 50.5 Å². The molecule has 1 saturated heterocycles. The molecule has 0 spiro atoms. The van der Waals surface area contributed by atoms with Crippen LogP contribution in [0.3, 0.4) is 0 Å². The molecule has 1 saturated carbocycles. The average molecular weight is 319 g/mol. The third kappa shape index (κ3) is 3.93. The number of aliphatic hydroxyl groups excluding tert-OH is 1. The lowest BCUT2D eigenvalue weighted by Crippen LogP contribution is -2.54. The molecule has 1 aliphatic carbocycles. The van der Waals surface area contributed by atoms with E-state index in [2.05, 4.69) is 32.0 Å². The Labute approximate surface area is 138 Å². The fourth-order valence-corrected chi connectivity index (χ4v) is 3.74. The van der Waals surface area contributed by atoms with Crippen molar-refractivity contribution < 1.29 is 5.11 Å². The van der Waals surface area contributed by atoms with Gasteiger partial charge in [0.2, 0.25) is 5.95 Å². The second-order valence-electron chi connectivity index (χ2n) is 6.67. The first-order valence-electron chi connectivity index (χ1n) is 8.94. The van der Waals surface area contributed by atoms with Crippen LogP contribution in [-0.4, -0.2) is 64.8 Å². The first-order chi connectivity index (χ1) is 11.2. The van der Waals surface area contributed by atoms with Gasteiger partial charge in [-0.3, -0.25) is 4.90 Å². The molecule has 0 amide bonds. The Balaban J connectivity index is 1.62. The zero-order valence-electron chi connectivity index (χ0n) is 14.3. The van der Waals surface area contributed by atoms with Crippen LogP contribution in [0, 0.1) is 6.92 Å². The zero-order valence-corrected chi connectivity index (χ0v) is 14.3. The number of hydrogen-bond donors (Lipinski definition) is 2. The quantitative estimate of drug-likeness (QED) is 0.880. The molecule has 2 aliphatic rings. The summed E-state index contributed by atoms with van der Waals surface area (Å²) in [4.78, 5) is 14.0. The van der Waals surface area contributed by atoms with Gasteiger partial charge in [-0.05, 0) is 26.7 Å². The number of rotatable bonds is 4. The summed E-state index contributed by atoms with van der Waals surface area (Å²) in [5.74, 6) is 1.73. The van der Waals surface area contributed by atoms with Crippen LogP contribution in [0.1, 0.15) is 38.3 Å². The maximum Gasteiger partial charge on any atom is 0.227 e. The first-order valence-corrected chi connectivity index (χ1v) is 8.94. The molecule has 2 N–H and O–H groups in total. The smallest absolute Gasteiger partial charge is 0.227 e. The van der Waals surface area contributed by atoms with E-state index in [-0.39, 0.29) is 6.10 Å². The first kappa shape index (κ1) is 16.5. The van der Waals surface area contributed by atoms with Crippen molar-refractivity contribution in [3.8, 4) is 0 Å². The van der Waals surface area contributed by atoms with Gasteiger partial charge in [0.25, 0.3) is 0 Å². The highest BCUT2D eigenvalue weighted by atomic mass is 16.3. The Bertz CT molecular complexity index is 516. The summed E-state index contributed by atoms with van der Waals surface area (Å²) in [6.07, 6.45) is 4.35. The highest BCUT2D eigenvalue weighted by molar-refractivity contribution is 5.43. The largest absolute Gasteiger partial charge is 0.391 e. The van der Waals surface area contributed by atoms with E-state index in [0.717, 1.165) is 63.0 Å². The van der Waals surface area contributed by atoms with Crippen LogP contribution in [-0.2, 0) is 0 Å². The molecule has 2 heterocycles. The number of piperazine rings is 1. The fourth-order valence-electron chi connectivity index (χ4n) is 3.74. The third-order valence-corrected chi connectivity index (χ3v) is 4.96. The molecule has 2 unspecified atom stereocenters. The Morgan fingerprint density at radius 1 is 1.17 bits per heavy atom. The lowest BCUT2D eigenvalue weighted by molar-refractivity contribution is 0.0172. The molecule has 3 rings (SSSR count). The van der Waals surface area contributed by atoms with Crippen LogP contribution in [0.15, 0.2) is 6.07 Å².